The number of ether oxygens (including phenoxy) is 1. The van der Waals surface area contributed by atoms with Gasteiger partial charge in [0.25, 0.3) is 5.91 Å². The highest BCUT2D eigenvalue weighted by atomic mass is 28.3. The van der Waals surface area contributed by atoms with E-state index in [4.69, 9.17) is 4.74 Å². The van der Waals surface area contributed by atoms with Crippen molar-refractivity contribution in [2.75, 3.05) is 13.3 Å². The third kappa shape index (κ3) is 4.08. The van der Waals surface area contributed by atoms with Crippen molar-refractivity contribution < 1.29 is 19.4 Å². The van der Waals surface area contributed by atoms with Gasteiger partial charge >= 0.3 is 6.03 Å². The van der Waals surface area contributed by atoms with E-state index < -0.39 is 20.1 Å². The van der Waals surface area contributed by atoms with Gasteiger partial charge in [0.15, 0.2) is 0 Å². The highest BCUT2D eigenvalue weighted by molar-refractivity contribution is 6.76. The molecule has 2 N–H and O–H groups in total. The molecule has 3 amide bonds. The summed E-state index contributed by atoms with van der Waals surface area (Å²) in [5.74, 6) is -0.212. The quantitative estimate of drug-likeness (QED) is 0.478. The molecular weight excluding hydrogens is 300 g/mol. The van der Waals surface area contributed by atoms with Gasteiger partial charge in [0.2, 0.25) is 0 Å². The molecule has 1 aliphatic heterocycles. The van der Waals surface area contributed by atoms with Gasteiger partial charge in [-0.2, -0.15) is 0 Å². The first-order chi connectivity index (χ1) is 10.3. The zero-order valence-corrected chi connectivity index (χ0v) is 14.1. The van der Waals surface area contributed by atoms with Crippen molar-refractivity contribution in [3.05, 3.63) is 29.8 Å². The van der Waals surface area contributed by atoms with E-state index in [1.54, 1.807) is 12.1 Å². The molecule has 0 spiro atoms. The van der Waals surface area contributed by atoms with Crippen LogP contribution in [0.5, 0.6) is 5.75 Å². The number of urea groups is 1. The molecule has 0 bridgehead atoms. The van der Waals surface area contributed by atoms with Crippen LogP contribution < -0.4 is 5.32 Å². The smallest absolute Gasteiger partial charge is 0.327 e. The fourth-order valence-electron chi connectivity index (χ4n) is 2.07. The molecule has 0 saturated carbocycles. The molecule has 0 aliphatic carbocycles. The molecule has 120 valence electrons. The Morgan fingerprint density at radius 3 is 2.45 bits per heavy atom. The fraction of sp³-hybridized carbons (Fsp3) is 0.467. The zero-order valence-electron chi connectivity index (χ0n) is 13.1. The van der Waals surface area contributed by atoms with Crippen LogP contribution in [-0.4, -0.2) is 43.4 Å². The van der Waals surface area contributed by atoms with E-state index in [-0.39, 0.29) is 18.4 Å². The molecule has 0 radical (unpaired) electrons. The van der Waals surface area contributed by atoms with Gasteiger partial charge in [-0.25, -0.2) is 9.69 Å². The standard InChI is InChI=1S/C15H22N2O4Si/c1-22(2,3)9-8-21-10-17-14(19)13(16-15(17)20)11-4-6-12(18)7-5-11/h4-7,13,18H,8-10H2,1-3H3,(H,16,20)/t13-/m0/s1. The van der Waals surface area contributed by atoms with Crippen LogP contribution in [0.2, 0.25) is 25.7 Å². The van der Waals surface area contributed by atoms with Gasteiger partial charge in [0.05, 0.1) is 0 Å². The first-order valence-electron chi connectivity index (χ1n) is 7.26. The summed E-state index contributed by atoms with van der Waals surface area (Å²) >= 11 is 0. The minimum absolute atomic E-state index is 0.0241. The van der Waals surface area contributed by atoms with Crippen LogP contribution in [0.4, 0.5) is 4.79 Å². The average molecular weight is 322 g/mol. The summed E-state index contributed by atoms with van der Waals surface area (Å²) in [6, 6.07) is 6.04. The summed E-state index contributed by atoms with van der Waals surface area (Å²) in [6.07, 6.45) is 0. The molecule has 1 aromatic carbocycles. The number of nitrogens with zero attached hydrogens (tertiary/aromatic N) is 1. The normalized spacial score (nSPS) is 18.7. The molecule has 2 rings (SSSR count). The lowest BCUT2D eigenvalue weighted by atomic mass is 10.1. The molecule has 22 heavy (non-hydrogen) atoms. The van der Waals surface area contributed by atoms with Crippen LogP contribution in [0, 0.1) is 0 Å². The van der Waals surface area contributed by atoms with E-state index in [2.05, 4.69) is 25.0 Å². The van der Waals surface area contributed by atoms with Crippen molar-refractivity contribution in [2.45, 2.75) is 31.7 Å². The van der Waals surface area contributed by atoms with Crippen LogP contribution in [-0.2, 0) is 9.53 Å². The summed E-state index contributed by atoms with van der Waals surface area (Å²) < 4.78 is 5.48. The van der Waals surface area contributed by atoms with Gasteiger partial charge in [0, 0.05) is 14.7 Å². The number of hydrogen-bond donors (Lipinski definition) is 2. The molecule has 1 fully saturated rings. The molecule has 1 aliphatic rings. The van der Waals surface area contributed by atoms with Crippen LogP contribution >= 0.6 is 0 Å². The van der Waals surface area contributed by atoms with Crippen LogP contribution in [0.15, 0.2) is 24.3 Å². The summed E-state index contributed by atoms with van der Waals surface area (Å²) in [4.78, 5) is 25.3. The van der Waals surface area contributed by atoms with Crippen molar-refractivity contribution in [3.8, 4) is 5.75 Å². The molecule has 1 aromatic rings. The first-order valence-corrected chi connectivity index (χ1v) is 11.0. The third-order valence-corrected chi connectivity index (χ3v) is 5.17. The van der Waals surface area contributed by atoms with E-state index in [0.717, 1.165) is 10.9 Å². The third-order valence-electron chi connectivity index (χ3n) is 3.47. The number of carbonyl (C=O) groups is 2. The minimum Gasteiger partial charge on any atom is -0.508 e. The summed E-state index contributed by atoms with van der Waals surface area (Å²) in [5, 5.41) is 11.9. The maximum Gasteiger partial charge on any atom is 0.327 e. The molecule has 0 aromatic heterocycles. The summed E-state index contributed by atoms with van der Waals surface area (Å²) in [6.45, 7) is 7.25. The second kappa shape index (κ2) is 6.49. The van der Waals surface area contributed by atoms with Crippen molar-refractivity contribution >= 4 is 20.0 Å². The van der Waals surface area contributed by atoms with E-state index in [9.17, 15) is 14.7 Å². The average Bonchev–Trinajstić information content (AvgIpc) is 2.71. The molecule has 1 heterocycles. The second-order valence-corrected chi connectivity index (χ2v) is 12.2. The predicted molar refractivity (Wildman–Crippen MR) is 85.2 cm³/mol. The van der Waals surface area contributed by atoms with Crippen LogP contribution in [0.3, 0.4) is 0 Å². The SMILES string of the molecule is C[Si](C)(C)CCOCN1C(=O)N[C@@H](c2ccc(O)cc2)C1=O. The van der Waals surface area contributed by atoms with Gasteiger partial charge < -0.3 is 15.2 Å². The number of nitrogens with one attached hydrogen (secondary N) is 1. The second-order valence-electron chi connectivity index (χ2n) is 6.59. The minimum atomic E-state index is -1.19. The lowest BCUT2D eigenvalue weighted by molar-refractivity contribution is -0.131. The number of hydrogen-bond acceptors (Lipinski definition) is 4. The van der Waals surface area contributed by atoms with Crippen molar-refractivity contribution in [1.29, 1.82) is 0 Å². The Morgan fingerprint density at radius 1 is 1.23 bits per heavy atom. The van der Waals surface area contributed by atoms with E-state index in [1.165, 1.54) is 12.1 Å². The predicted octanol–water partition coefficient (Wildman–Crippen LogP) is 2.30. The lowest BCUT2D eigenvalue weighted by Crippen LogP contribution is -2.34. The highest BCUT2D eigenvalue weighted by Crippen LogP contribution is 2.23. The van der Waals surface area contributed by atoms with Crippen molar-refractivity contribution in [2.24, 2.45) is 0 Å². The molecule has 1 saturated heterocycles. The van der Waals surface area contributed by atoms with Gasteiger partial charge in [-0.3, -0.25) is 4.79 Å². The number of carbonyl (C=O) groups excluding carboxylic acids is 2. The molecule has 6 nitrogen and oxygen atoms in total. The number of phenolic OH excluding ortho intramolecular Hbond substituents is 1. The molecule has 0 unspecified atom stereocenters. The lowest BCUT2D eigenvalue weighted by Gasteiger charge is -2.17. The van der Waals surface area contributed by atoms with E-state index >= 15 is 0 Å². The maximum atomic E-state index is 12.3. The van der Waals surface area contributed by atoms with E-state index in [0.29, 0.717) is 12.2 Å². The number of imide groups is 1. The topological polar surface area (TPSA) is 78.9 Å². The molecule has 7 heteroatoms. The van der Waals surface area contributed by atoms with Crippen molar-refractivity contribution in [3.63, 3.8) is 0 Å². The van der Waals surface area contributed by atoms with Crippen LogP contribution in [0.25, 0.3) is 0 Å². The van der Waals surface area contributed by atoms with Crippen LogP contribution in [0.1, 0.15) is 11.6 Å². The number of benzene rings is 1. The Morgan fingerprint density at radius 2 is 1.86 bits per heavy atom. The van der Waals surface area contributed by atoms with Gasteiger partial charge in [-0.1, -0.05) is 31.8 Å². The Labute approximate surface area is 131 Å². The van der Waals surface area contributed by atoms with Gasteiger partial charge in [-0.05, 0) is 23.7 Å². The Balaban J connectivity index is 1.93. The first kappa shape index (κ1) is 16.5. The monoisotopic (exact) mass is 322 g/mol. The number of amides is 3. The maximum absolute atomic E-state index is 12.3. The largest absolute Gasteiger partial charge is 0.508 e. The Hall–Kier alpha value is -1.86. The number of rotatable bonds is 6. The number of phenols is 1. The highest BCUT2D eigenvalue weighted by Gasteiger charge is 2.38. The summed E-state index contributed by atoms with van der Waals surface area (Å²) in [7, 11) is -1.19. The zero-order chi connectivity index (χ0) is 16.3. The Bertz CT molecular complexity index is 554. The van der Waals surface area contributed by atoms with Gasteiger partial charge in [-0.15, -0.1) is 0 Å². The molecule has 1 atom stereocenters. The summed E-state index contributed by atoms with van der Waals surface area (Å²) in [5.41, 5.74) is 0.640. The van der Waals surface area contributed by atoms with Crippen molar-refractivity contribution in [1.82, 2.24) is 10.2 Å². The fourth-order valence-corrected chi connectivity index (χ4v) is 2.82. The Kier molecular flexibility index (Phi) is 4.87. The van der Waals surface area contributed by atoms with Gasteiger partial charge in [0.1, 0.15) is 18.5 Å². The van der Waals surface area contributed by atoms with E-state index in [1.807, 2.05) is 0 Å². The molecular formula is C15H22N2O4Si. The number of aromatic hydroxyl groups is 1.